The molecule has 1 aromatic carbocycles. The quantitative estimate of drug-likeness (QED) is 0.885. The summed E-state index contributed by atoms with van der Waals surface area (Å²) >= 11 is 3.11. The second-order valence-electron chi connectivity index (χ2n) is 4.04. The van der Waals surface area contributed by atoms with Gasteiger partial charge in [-0.2, -0.15) is 0 Å². The van der Waals surface area contributed by atoms with Crippen molar-refractivity contribution in [3.05, 3.63) is 52.5 Å². The highest BCUT2D eigenvalue weighted by Gasteiger charge is 2.10. The van der Waals surface area contributed by atoms with E-state index in [1.807, 2.05) is 24.1 Å². The molecule has 0 amide bonds. The summed E-state index contributed by atoms with van der Waals surface area (Å²) in [7, 11) is 1.87. The van der Waals surface area contributed by atoms with E-state index in [4.69, 9.17) is 5.73 Å². The second kappa shape index (κ2) is 5.35. The molecule has 5 heteroatoms. The van der Waals surface area contributed by atoms with E-state index < -0.39 is 0 Å². The van der Waals surface area contributed by atoms with Crippen molar-refractivity contribution in [2.75, 3.05) is 17.7 Å². The third-order valence-corrected chi connectivity index (χ3v) is 3.23. The van der Waals surface area contributed by atoms with Crippen LogP contribution in [0.5, 0.6) is 0 Å². The molecule has 3 nitrogen and oxygen atoms in total. The Balaban J connectivity index is 2.24. The minimum atomic E-state index is -0.322. The third kappa shape index (κ3) is 2.79. The highest BCUT2D eigenvalue weighted by Crippen LogP contribution is 2.29. The van der Waals surface area contributed by atoms with Gasteiger partial charge >= 0.3 is 0 Å². The predicted octanol–water partition coefficient (Wildman–Crippen LogP) is 3.20. The van der Waals surface area contributed by atoms with Crippen molar-refractivity contribution in [3.8, 4) is 0 Å². The van der Waals surface area contributed by atoms with Crippen molar-refractivity contribution in [1.82, 2.24) is 4.98 Å². The zero-order valence-electron chi connectivity index (χ0n) is 9.90. The fourth-order valence-electron chi connectivity index (χ4n) is 1.73. The van der Waals surface area contributed by atoms with Crippen molar-refractivity contribution in [3.63, 3.8) is 0 Å². The second-order valence-corrected chi connectivity index (χ2v) is 4.90. The first-order chi connectivity index (χ1) is 8.58. The topological polar surface area (TPSA) is 42.2 Å². The molecule has 1 aromatic heterocycles. The van der Waals surface area contributed by atoms with Gasteiger partial charge in [-0.3, -0.25) is 4.98 Å². The van der Waals surface area contributed by atoms with Crippen LogP contribution in [0.15, 0.2) is 41.1 Å². The van der Waals surface area contributed by atoms with Gasteiger partial charge in [-0.25, -0.2) is 4.39 Å². The highest BCUT2D eigenvalue weighted by atomic mass is 79.9. The average molecular weight is 310 g/mol. The number of aromatic nitrogens is 1. The molecule has 94 valence electrons. The van der Waals surface area contributed by atoms with Crippen molar-refractivity contribution in [2.24, 2.45) is 0 Å². The highest BCUT2D eigenvalue weighted by molar-refractivity contribution is 9.10. The molecule has 0 spiro atoms. The van der Waals surface area contributed by atoms with E-state index in [1.165, 1.54) is 6.07 Å². The summed E-state index contributed by atoms with van der Waals surface area (Å²) in [6, 6.07) is 6.84. The standard InChI is InChI=1S/C13H13BrFN3/c1-18(8-9-3-2-4-17-7-9)13-6-11(15)10(14)5-12(13)16/h2-7H,8,16H2,1H3. The normalized spacial score (nSPS) is 10.4. The summed E-state index contributed by atoms with van der Waals surface area (Å²) < 4.78 is 13.9. The molecule has 2 aromatic rings. The van der Waals surface area contributed by atoms with Crippen LogP contribution in [0.4, 0.5) is 15.8 Å². The summed E-state index contributed by atoms with van der Waals surface area (Å²) in [4.78, 5) is 5.94. The van der Waals surface area contributed by atoms with E-state index in [0.717, 1.165) is 5.56 Å². The molecular weight excluding hydrogens is 297 g/mol. The Morgan fingerprint density at radius 3 is 2.89 bits per heavy atom. The van der Waals surface area contributed by atoms with Crippen LogP contribution in [0.3, 0.4) is 0 Å². The van der Waals surface area contributed by atoms with Gasteiger partial charge in [0.05, 0.1) is 15.8 Å². The Bertz CT molecular complexity index is 545. The molecule has 0 unspecified atom stereocenters. The van der Waals surface area contributed by atoms with Gasteiger partial charge in [-0.15, -0.1) is 0 Å². The van der Waals surface area contributed by atoms with Gasteiger partial charge in [0.1, 0.15) is 5.82 Å². The molecule has 0 aliphatic rings. The van der Waals surface area contributed by atoms with Crippen LogP contribution in [0.2, 0.25) is 0 Å². The summed E-state index contributed by atoms with van der Waals surface area (Å²) in [6.07, 6.45) is 3.50. The lowest BCUT2D eigenvalue weighted by atomic mass is 10.2. The molecule has 18 heavy (non-hydrogen) atoms. The fourth-order valence-corrected chi connectivity index (χ4v) is 2.09. The Labute approximate surface area is 114 Å². The zero-order chi connectivity index (χ0) is 13.1. The maximum atomic E-state index is 13.5. The lowest BCUT2D eigenvalue weighted by Crippen LogP contribution is -2.18. The van der Waals surface area contributed by atoms with Gasteiger partial charge in [0.15, 0.2) is 0 Å². The summed E-state index contributed by atoms with van der Waals surface area (Å²) in [6.45, 7) is 0.624. The molecule has 0 aliphatic heterocycles. The number of rotatable bonds is 3. The Kier molecular flexibility index (Phi) is 3.81. The number of anilines is 2. The van der Waals surface area contributed by atoms with Crippen LogP contribution in [0.25, 0.3) is 0 Å². The van der Waals surface area contributed by atoms with Gasteiger partial charge in [0.2, 0.25) is 0 Å². The molecule has 0 saturated heterocycles. The van der Waals surface area contributed by atoms with Gasteiger partial charge in [-0.1, -0.05) is 6.07 Å². The monoisotopic (exact) mass is 309 g/mol. The smallest absolute Gasteiger partial charge is 0.139 e. The molecule has 2 rings (SSSR count). The summed E-state index contributed by atoms with van der Waals surface area (Å²) in [5, 5.41) is 0. The predicted molar refractivity (Wildman–Crippen MR) is 74.9 cm³/mol. The lowest BCUT2D eigenvalue weighted by Gasteiger charge is -2.21. The van der Waals surface area contributed by atoms with Crippen molar-refractivity contribution < 1.29 is 4.39 Å². The Morgan fingerprint density at radius 2 is 2.22 bits per heavy atom. The first kappa shape index (κ1) is 12.8. The molecule has 0 bridgehead atoms. The van der Waals surface area contributed by atoms with Crippen molar-refractivity contribution >= 4 is 27.3 Å². The maximum absolute atomic E-state index is 13.5. The number of hydrogen-bond donors (Lipinski definition) is 1. The lowest BCUT2D eigenvalue weighted by molar-refractivity contribution is 0.620. The van der Waals surface area contributed by atoms with Crippen LogP contribution < -0.4 is 10.6 Å². The van der Waals surface area contributed by atoms with E-state index in [9.17, 15) is 4.39 Å². The summed E-state index contributed by atoms with van der Waals surface area (Å²) in [5.74, 6) is -0.322. The Hall–Kier alpha value is -1.62. The number of nitrogen functional groups attached to an aromatic ring is 1. The molecule has 2 N–H and O–H groups in total. The third-order valence-electron chi connectivity index (χ3n) is 2.62. The van der Waals surface area contributed by atoms with Gasteiger partial charge in [0, 0.05) is 32.1 Å². The zero-order valence-corrected chi connectivity index (χ0v) is 11.5. The maximum Gasteiger partial charge on any atom is 0.139 e. The largest absolute Gasteiger partial charge is 0.397 e. The SMILES string of the molecule is CN(Cc1cccnc1)c1cc(F)c(Br)cc1N. The number of halogens is 2. The first-order valence-electron chi connectivity index (χ1n) is 5.42. The van der Waals surface area contributed by atoms with Crippen LogP contribution in [0, 0.1) is 5.82 Å². The van der Waals surface area contributed by atoms with E-state index in [2.05, 4.69) is 20.9 Å². The number of benzene rings is 1. The minimum absolute atomic E-state index is 0.322. The minimum Gasteiger partial charge on any atom is -0.397 e. The van der Waals surface area contributed by atoms with Gasteiger partial charge in [-0.05, 0) is 33.6 Å². The van der Waals surface area contributed by atoms with Crippen molar-refractivity contribution in [1.29, 1.82) is 0 Å². The van der Waals surface area contributed by atoms with Crippen LogP contribution in [0.1, 0.15) is 5.56 Å². The average Bonchev–Trinajstić information content (AvgIpc) is 2.35. The first-order valence-corrected chi connectivity index (χ1v) is 6.22. The molecule has 0 saturated carbocycles. The van der Waals surface area contributed by atoms with Crippen LogP contribution in [-0.2, 0) is 6.54 Å². The number of nitrogens with zero attached hydrogens (tertiary/aromatic N) is 2. The van der Waals surface area contributed by atoms with Crippen LogP contribution in [-0.4, -0.2) is 12.0 Å². The number of pyridine rings is 1. The van der Waals surface area contributed by atoms with Crippen molar-refractivity contribution in [2.45, 2.75) is 6.54 Å². The van der Waals surface area contributed by atoms with Gasteiger partial charge < -0.3 is 10.6 Å². The van der Waals surface area contributed by atoms with Crippen LogP contribution >= 0.6 is 15.9 Å². The molecule has 0 radical (unpaired) electrons. The van der Waals surface area contributed by atoms with E-state index in [1.54, 1.807) is 18.5 Å². The van der Waals surface area contributed by atoms with E-state index in [-0.39, 0.29) is 5.82 Å². The molecule has 0 fully saturated rings. The molecular formula is C13H13BrFN3. The van der Waals surface area contributed by atoms with E-state index in [0.29, 0.717) is 22.4 Å². The molecule has 0 atom stereocenters. The summed E-state index contributed by atoms with van der Waals surface area (Å²) in [5.41, 5.74) is 8.14. The fraction of sp³-hybridized carbons (Fsp3) is 0.154. The number of nitrogens with two attached hydrogens (primary N) is 1. The molecule has 0 aliphatic carbocycles. The van der Waals surface area contributed by atoms with E-state index >= 15 is 0 Å². The number of hydrogen-bond acceptors (Lipinski definition) is 3. The van der Waals surface area contributed by atoms with Gasteiger partial charge in [0.25, 0.3) is 0 Å². The Morgan fingerprint density at radius 1 is 1.44 bits per heavy atom. The molecule has 1 heterocycles.